The van der Waals surface area contributed by atoms with Crippen molar-refractivity contribution in [1.82, 2.24) is 9.71 Å². The van der Waals surface area contributed by atoms with Crippen LogP contribution in [0, 0.1) is 6.92 Å². The highest BCUT2D eigenvalue weighted by atomic mass is 35.5. The van der Waals surface area contributed by atoms with Crippen LogP contribution in [0.25, 0.3) is 10.9 Å². The summed E-state index contributed by atoms with van der Waals surface area (Å²) < 4.78 is 32.8. The van der Waals surface area contributed by atoms with Crippen LogP contribution in [0.3, 0.4) is 0 Å². The maximum Gasteiger partial charge on any atom is 0.257 e. The van der Waals surface area contributed by atoms with E-state index in [1.54, 1.807) is 55.5 Å². The van der Waals surface area contributed by atoms with E-state index in [9.17, 15) is 13.2 Å². The van der Waals surface area contributed by atoms with Gasteiger partial charge < -0.3 is 9.73 Å². The quantitative estimate of drug-likeness (QED) is 0.445. The van der Waals surface area contributed by atoms with Crippen LogP contribution in [-0.4, -0.2) is 19.3 Å². The van der Waals surface area contributed by atoms with E-state index in [0.717, 1.165) is 10.9 Å². The maximum atomic E-state index is 12.8. The summed E-state index contributed by atoms with van der Waals surface area (Å²) >= 11 is 6.04. The van der Waals surface area contributed by atoms with Crippen LogP contribution in [0.1, 0.15) is 21.8 Å². The number of carbonyl (C=O) groups excluding carboxylic acids is 1. The first-order chi connectivity index (χ1) is 14.8. The number of benzene rings is 2. The molecular weight excluding hydrogens is 438 g/mol. The topological polar surface area (TPSA) is 101 Å². The summed E-state index contributed by atoms with van der Waals surface area (Å²) in [4.78, 5) is 17.3. The van der Waals surface area contributed by atoms with E-state index in [2.05, 4.69) is 15.0 Å². The highest BCUT2D eigenvalue weighted by Gasteiger charge is 2.17. The van der Waals surface area contributed by atoms with Crippen molar-refractivity contribution in [2.45, 2.75) is 18.4 Å². The zero-order chi connectivity index (χ0) is 22.0. The van der Waals surface area contributed by atoms with E-state index in [0.29, 0.717) is 27.7 Å². The van der Waals surface area contributed by atoms with Crippen LogP contribution in [0.15, 0.2) is 76.2 Å². The molecule has 2 heterocycles. The van der Waals surface area contributed by atoms with Crippen molar-refractivity contribution >= 4 is 44.1 Å². The van der Waals surface area contributed by atoms with Gasteiger partial charge in [-0.1, -0.05) is 17.7 Å². The van der Waals surface area contributed by atoms with Gasteiger partial charge in [-0.2, -0.15) is 0 Å². The van der Waals surface area contributed by atoms with Crippen LogP contribution in [0.2, 0.25) is 5.02 Å². The number of rotatable bonds is 6. The van der Waals surface area contributed by atoms with Crippen molar-refractivity contribution in [3.05, 3.63) is 89.0 Å². The zero-order valence-corrected chi connectivity index (χ0v) is 18.0. The third-order valence-electron chi connectivity index (χ3n) is 4.63. The Hall–Kier alpha value is -3.20. The first-order valence-electron chi connectivity index (χ1n) is 9.32. The van der Waals surface area contributed by atoms with Gasteiger partial charge in [-0.15, -0.1) is 0 Å². The van der Waals surface area contributed by atoms with Crippen LogP contribution in [0.4, 0.5) is 5.69 Å². The molecular formula is C22H18ClN3O4S. The number of hydrogen-bond acceptors (Lipinski definition) is 5. The smallest absolute Gasteiger partial charge is 0.257 e. The molecule has 0 spiro atoms. The molecule has 0 saturated carbocycles. The molecule has 0 bridgehead atoms. The number of fused-ring (bicyclic) bond motifs is 1. The minimum absolute atomic E-state index is 0.0242. The zero-order valence-electron chi connectivity index (χ0n) is 16.4. The van der Waals surface area contributed by atoms with Crippen molar-refractivity contribution in [1.29, 1.82) is 0 Å². The molecule has 0 radical (unpaired) electrons. The SMILES string of the molecule is Cc1nc2ccc(Cl)cc2cc1C(=O)Nc1cccc(S(=O)(=O)NCc2ccco2)c1. The van der Waals surface area contributed by atoms with Gasteiger partial charge in [0.25, 0.3) is 5.91 Å². The second-order valence-corrected chi connectivity index (χ2v) is 9.05. The molecule has 0 fully saturated rings. The van der Waals surface area contributed by atoms with Crippen molar-refractivity contribution in [2.75, 3.05) is 5.32 Å². The molecule has 2 aromatic heterocycles. The molecule has 9 heteroatoms. The standard InChI is InChI=1S/C22H18ClN3O4S/c1-14-20(11-15-10-16(23)7-8-21(15)25-14)22(27)26-17-4-2-6-19(12-17)31(28,29)24-13-18-5-3-9-30-18/h2-12,24H,13H2,1H3,(H,26,27). The Morgan fingerprint density at radius 3 is 2.71 bits per heavy atom. The minimum atomic E-state index is -3.79. The van der Waals surface area contributed by atoms with E-state index in [1.807, 2.05) is 0 Å². The van der Waals surface area contributed by atoms with E-state index < -0.39 is 15.9 Å². The summed E-state index contributed by atoms with van der Waals surface area (Å²) in [5.74, 6) is 0.0948. The highest BCUT2D eigenvalue weighted by molar-refractivity contribution is 7.89. The predicted molar refractivity (Wildman–Crippen MR) is 119 cm³/mol. The van der Waals surface area contributed by atoms with Gasteiger partial charge in [0, 0.05) is 16.1 Å². The predicted octanol–water partition coefficient (Wildman–Crippen LogP) is 4.52. The molecule has 31 heavy (non-hydrogen) atoms. The lowest BCUT2D eigenvalue weighted by Crippen LogP contribution is -2.23. The number of pyridine rings is 1. The molecule has 1 amide bonds. The summed E-state index contributed by atoms with van der Waals surface area (Å²) in [5.41, 5.74) is 2.00. The molecule has 0 aliphatic rings. The van der Waals surface area contributed by atoms with Gasteiger partial charge >= 0.3 is 0 Å². The Labute approximate surface area is 184 Å². The number of hydrogen-bond donors (Lipinski definition) is 2. The van der Waals surface area contributed by atoms with Crippen molar-refractivity contribution in [3.63, 3.8) is 0 Å². The number of halogens is 1. The summed E-state index contributed by atoms with van der Waals surface area (Å²) in [7, 11) is -3.79. The summed E-state index contributed by atoms with van der Waals surface area (Å²) in [5, 5.41) is 4.02. The van der Waals surface area contributed by atoms with Gasteiger partial charge in [-0.05, 0) is 61.5 Å². The summed E-state index contributed by atoms with van der Waals surface area (Å²) in [6.45, 7) is 1.76. The van der Waals surface area contributed by atoms with Gasteiger partial charge in [0.05, 0.1) is 34.5 Å². The molecule has 0 atom stereocenters. The third kappa shape index (κ3) is 4.77. The highest BCUT2D eigenvalue weighted by Crippen LogP contribution is 2.22. The molecule has 7 nitrogen and oxygen atoms in total. The molecule has 2 aromatic carbocycles. The molecule has 0 aliphatic carbocycles. The van der Waals surface area contributed by atoms with Gasteiger partial charge in [0.1, 0.15) is 5.76 Å². The number of furan rings is 1. The number of nitrogens with one attached hydrogen (secondary N) is 2. The van der Waals surface area contributed by atoms with E-state index in [-0.39, 0.29) is 11.4 Å². The number of aromatic nitrogens is 1. The average Bonchev–Trinajstić information content (AvgIpc) is 3.26. The van der Waals surface area contributed by atoms with E-state index in [1.165, 1.54) is 18.4 Å². The number of sulfonamides is 1. The molecule has 0 aliphatic heterocycles. The van der Waals surface area contributed by atoms with E-state index >= 15 is 0 Å². The Morgan fingerprint density at radius 2 is 1.94 bits per heavy atom. The fourth-order valence-corrected chi connectivity index (χ4v) is 4.29. The lowest BCUT2D eigenvalue weighted by Gasteiger charge is -2.11. The average molecular weight is 456 g/mol. The number of anilines is 1. The minimum Gasteiger partial charge on any atom is -0.468 e. The first-order valence-corrected chi connectivity index (χ1v) is 11.2. The third-order valence-corrected chi connectivity index (χ3v) is 6.26. The van der Waals surface area contributed by atoms with Gasteiger partial charge in [-0.25, -0.2) is 13.1 Å². The first kappa shape index (κ1) is 21.0. The monoisotopic (exact) mass is 455 g/mol. The molecule has 4 rings (SSSR count). The summed E-state index contributed by atoms with van der Waals surface area (Å²) in [6, 6.07) is 16.3. The fraction of sp³-hybridized carbons (Fsp3) is 0.0909. The molecule has 0 saturated heterocycles. The van der Waals surface area contributed by atoms with Crippen molar-refractivity contribution in [2.24, 2.45) is 0 Å². The van der Waals surface area contributed by atoms with Crippen molar-refractivity contribution < 1.29 is 17.6 Å². The van der Waals surface area contributed by atoms with Crippen molar-refractivity contribution in [3.8, 4) is 0 Å². The number of nitrogens with zero attached hydrogens (tertiary/aromatic N) is 1. The van der Waals surface area contributed by atoms with Crippen LogP contribution >= 0.6 is 11.6 Å². The maximum absolute atomic E-state index is 12.8. The molecule has 158 valence electrons. The molecule has 4 aromatic rings. The van der Waals surface area contributed by atoms with Crippen LogP contribution in [0.5, 0.6) is 0 Å². The lowest BCUT2D eigenvalue weighted by atomic mass is 10.1. The second-order valence-electron chi connectivity index (χ2n) is 6.84. The van der Waals surface area contributed by atoms with Gasteiger partial charge in [0.15, 0.2) is 0 Å². The van der Waals surface area contributed by atoms with Gasteiger partial charge in [-0.3, -0.25) is 9.78 Å². The Bertz CT molecular complexity index is 1370. The summed E-state index contributed by atoms with van der Waals surface area (Å²) in [6.07, 6.45) is 1.47. The normalized spacial score (nSPS) is 11.5. The Kier molecular flexibility index (Phi) is 5.77. The Balaban J connectivity index is 1.55. The molecule has 0 unspecified atom stereocenters. The van der Waals surface area contributed by atoms with Crippen LogP contribution < -0.4 is 10.0 Å². The Morgan fingerprint density at radius 1 is 1.10 bits per heavy atom. The number of amides is 1. The lowest BCUT2D eigenvalue weighted by molar-refractivity contribution is 0.102. The number of carbonyl (C=O) groups is 1. The fourth-order valence-electron chi connectivity index (χ4n) is 3.08. The largest absolute Gasteiger partial charge is 0.468 e. The van der Waals surface area contributed by atoms with Gasteiger partial charge in [0.2, 0.25) is 10.0 Å². The van der Waals surface area contributed by atoms with Crippen LogP contribution in [-0.2, 0) is 16.6 Å². The van der Waals surface area contributed by atoms with E-state index in [4.69, 9.17) is 16.0 Å². The second kappa shape index (κ2) is 8.50. The molecule has 2 N–H and O–H groups in total. The number of aryl methyl sites for hydroxylation is 1.